The minimum absolute atomic E-state index is 0.120. The Morgan fingerprint density at radius 3 is 2.35 bits per heavy atom. The summed E-state index contributed by atoms with van der Waals surface area (Å²) in [5, 5.41) is 17.7. The summed E-state index contributed by atoms with van der Waals surface area (Å²) in [6.45, 7) is 1.17. The van der Waals surface area contributed by atoms with Crippen LogP contribution in [0.25, 0.3) is 11.3 Å². The maximum Gasteiger partial charge on any atom is 0.119 e. The first-order chi connectivity index (χ1) is 11.4. The molecular formula is C18H19N3O2. The van der Waals surface area contributed by atoms with Crippen LogP contribution in [-0.2, 0) is 13.2 Å². The molecule has 0 fully saturated rings. The number of nitrogens with zero attached hydrogens (tertiary/aromatic N) is 3. The van der Waals surface area contributed by atoms with Crippen molar-refractivity contribution in [3.8, 4) is 17.0 Å². The van der Waals surface area contributed by atoms with E-state index < -0.39 is 0 Å². The highest BCUT2D eigenvalue weighted by Crippen LogP contribution is 2.22. The van der Waals surface area contributed by atoms with Gasteiger partial charge in [-0.25, -0.2) is 4.68 Å². The van der Waals surface area contributed by atoms with Gasteiger partial charge in [-0.15, -0.1) is 5.10 Å². The monoisotopic (exact) mass is 309 g/mol. The summed E-state index contributed by atoms with van der Waals surface area (Å²) in [4.78, 5) is 0. The van der Waals surface area contributed by atoms with Crippen LogP contribution < -0.4 is 4.74 Å². The number of benzene rings is 2. The number of rotatable bonds is 7. The third-order valence-electron chi connectivity index (χ3n) is 3.53. The Morgan fingerprint density at radius 2 is 1.65 bits per heavy atom. The molecule has 0 spiro atoms. The quantitative estimate of drug-likeness (QED) is 0.682. The van der Waals surface area contributed by atoms with Gasteiger partial charge in [0.1, 0.15) is 11.4 Å². The molecular weight excluding hydrogens is 290 g/mol. The molecule has 3 rings (SSSR count). The van der Waals surface area contributed by atoms with E-state index in [1.807, 2.05) is 65.3 Å². The number of aromatic nitrogens is 3. The van der Waals surface area contributed by atoms with Crippen LogP contribution >= 0.6 is 0 Å². The van der Waals surface area contributed by atoms with E-state index in [1.54, 1.807) is 0 Å². The summed E-state index contributed by atoms with van der Waals surface area (Å²) in [5.41, 5.74) is 2.47. The van der Waals surface area contributed by atoms with Crippen molar-refractivity contribution in [2.45, 2.75) is 19.6 Å². The van der Waals surface area contributed by atoms with E-state index in [0.29, 0.717) is 18.8 Å². The van der Waals surface area contributed by atoms with Gasteiger partial charge in [-0.05, 0) is 12.1 Å². The van der Waals surface area contributed by atoms with Crippen LogP contribution in [0.3, 0.4) is 0 Å². The lowest BCUT2D eigenvalue weighted by Crippen LogP contribution is -2.07. The number of hydrogen-bond acceptors (Lipinski definition) is 4. The Bertz CT molecular complexity index is 727. The molecule has 5 heteroatoms. The largest absolute Gasteiger partial charge is 0.494 e. The molecule has 1 N–H and O–H groups in total. The summed E-state index contributed by atoms with van der Waals surface area (Å²) in [6, 6.07) is 19.6. The molecule has 1 heterocycles. The summed E-state index contributed by atoms with van der Waals surface area (Å²) in [6.07, 6.45) is 0.808. The van der Waals surface area contributed by atoms with Crippen LogP contribution in [0.1, 0.15) is 12.1 Å². The normalized spacial score (nSPS) is 10.7. The lowest BCUT2D eigenvalue weighted by molar-refractivity contribution is 0.277. The molecule has 3 aromatic rings. The first kappa shape index (κ1) is 15.2. The predicted octanol–water partition coefficient (Wildman–Crippen LogP) is 2.91. The highest BCUT2D eigenvalue weighted by Gasteiger charge is 2.13. The van der Waals surface area contributed by atoms with Crippen molar-refractivity contribution in [2.75, 3.05) is 6.61 Å². The summed E-state index contributed by atoms with van der Waals surface area (Å²) in [5.74, 6) is 0.866. The minimum Gasteiger partial charge on any atom is -0.494 e. The Labute approximate surface area is 135 Å². The van der Waals surface area contributed by atoms with Gasteiger partial charge in [0, 0.05) is 18.5 Å². The third-order valence-corrected chi connectivity index (χ3v) is 3.53. The Morgan fingerprint density at radius 1 is 0.957 bits per heavy atom. The Balaban J connectivity index is 1.65. The average Bonchev–Trinajstić information content (AvgIpc) is 3.03. The van der Waals surface area contributed by atoms with Crippen molar-refractivity contribution in [3.63, 3.8) is 0 Å². The third kappa shape index (κ3) is 3.76. The molecule has 0 aliphatic heterocycles. The lowest BCUT2D eigenvalue weighted by atomic mass is 10.1. The van der Waals surface area contributed by atoms with Crippen LogP contribution in [0, 0.1) is 0 Å². The molecule has 23 heavy (non-hydrogen) atoms. The highest BCUT2D eigenvalue weighted by atomic mass is 16.5. The summed E-state index contributed by atoms with van der Waals surface area (Å²) >= 11 is 0. The molecule has 118 valence electrons. The van der Waals surface area contributed by atoms with Crippen molar-refractivity contribution in [1.29, 1.82) is 0 Å². The van der Waals surface area contributed by atoms with Crippen LogP contribution in [-0.4, -0.2) is 26.7 Å². The molecule has 2 aromatic carbocycles. The van der Waals surface area contributed by atoms with E-state index in [4.69, 9.17) is 4.74 Å². The molecule has 0 aliphatic rings. The molecule has 0 radical (unpaired) electrons. The fourth-order valence-electron chi connectivity index (χ4n) is 2.44. The number of aryl methyl sites for hydroxylation is 1. The zero-order valence-corrected chi connectivity index (χ0v) is 12.8. The Hall–Kier alpha value is -2.66. The molecule has 1 aromatic heterocycles. The lowest BCUT2D eigenvalue weighted by Gasteiger charge is -2.09. The van der Waals surface area contributed by atoms with E-state index in [-0.39, 0.29) is 6.61 Å². The van der Waals surface area contributed by atoms with Gasteiger partial charge >= 0.3 is 0 Å². The van der Waals surface area contributed by atoms with E-state index in [2.05, 4.69) is 10.3 Å². The topological polar surface area (TPSA) is 60.2 Å². The van der Waals surface area contributed by atoms with Gasteiger partial charge in [0.25, 0.3) is 0 Å². The average molecular weight is 309 g/mol. The van der Waals surface area contributed by atoms with Crippen molar-refractivity contribution in [2.24, 2.45) is 0 Å². The minimum atomic E-state index is -0.120. The zero-order chi connectivity index (χ0) is 15.9. The van der Waals surface area contributed by atoms with Gasteiger partial charge in [0.05, 0.1) is 18.9 Å². The highest BCUT2D eigenvalue weighted by molar-refractivity contribution is 5.61. The molecule has 0 saturated carbocycles. The maximum absolute atomic E-state index is 9.47. The van der Waals surface area contributed by atoms with Crippen LogP contribution in [0.5, 0.6) is 5.75 Å². The second kappa shape index (κ2) is 7.56. The summed E-state index contributed by atoms with van der Waals surface area (Å²) < 4.78 is 7.52. The van der Waals surface area contributed by atoms with Crippen molar-refractivity contribution in [1.82, 2.24) is 15.0 Å². The maximum atomic E-state index is 9.47. The van der Waals surface area contributed by atoms with Crippen molar-refractivity contribution < 1.29 is 9.84 Å². The van der Waals surface area contributed by atoms with Crippen LogP contribution in [0.4, 0.5) is 0 Å². The molecule has 0 aliphatic carbocycles. The number of para-hydroxylation sites is 1. The second-order valence-electron chi connectivity index (χ2n) is 5.15. The van der Waals surface area contributed by atoms with Gasteiger partial charge in [-0.3, -0.25) is 0 Å². The molecule has 5 nitrogen and oxygen atoms in total. The molecule has 0 bridgehead atoms. The van der Waals surface area contributed by atoms with E-state index in [0.717, 1.165) is 23.4 Å². The van der Waals surface area contributed by atoms with Gasteiger partial charge in [0.2, 0.25) is 0 Å². The van der Waals surface area contributed by atoms with Crippen molar-refractivity contribution in [3.05, 3.63) is 66.4 Å². The Kier molecular flexibility index (Phi) is 5.01. The molecule has 0 atom stereocenters. The SMILES string of the molecule is OCc1nnn(CCCOc2ccccc2)c1-c1ccccc1. The molecule has 0 amide bonds. The van der Waals surface area contributed by atoms with Crippen LogP contribution in [0.15, 0.2) is 60.7 Å². The van der Waals surface area contributed by atoms with Gasteiger partial charge in [-0.1, -0.05) is 53.7 Å². The smallest absolute Gasteiger partial charge is 0.119 e. The first-order valence-electron chi connectivity index (χ1n) is 7.65. The van der Waals surface area contributed by atoms with E-state index >= 15 is 0 Å². The molecule has 0 saturated heterocycles. The van der Waals surface area contributed by atoms with Crippen LogP contribution in [0.2, 0.25) is 0 Å². The fourth-order valence-corrected chi connectivity index (χ4v) is 2.44. The number of aliphatic hydroxyl groups is 1. The number of ether oxygens (including phenoxy) is 1. The van der Waals surface area contributed by atoms with E-state index in [9.17, 15) is 5.11 Å². The van der Waals surface area contributed by atoms with Gasteiger partial charge in [0.15, 0.2) is 0 Å². The predicted molar refractivity (Wildman–Crippen MR) is 87.9 cm³/mol. The second-order valence-corrected chi connectivity index (χ2v) is 5.15. The number of hydrogen-bond donors (Lipinski definition) is 1. The molecule has 0 unspecified atom stereocenters. The standard InChI is InChI=1S/C18H19N3O2/c22-14-17-18(15-8-3-1-4-9-15)21(20-19-17)12-7-13-23-16-10-5-2-6-11-16/h1-6,8-11,22H,7,12-14H2. The zero-order valence-electron chi connectivity index (χ0n) is 12.8. The fraction of sp³-hybridized carbons (Fsp3) is 0.222. The van der Waals surface area contributed by atoms with Gasteiger partial charge in [-0.2, -0.15) is 0 Å². The number of aliphatic hydroxyl groups excluding tert-OH is 1. The van der Waals surface area contributed by atoms with E-state index in [1.165, 1.54) is 0 Å². The summed E-state index contributed by atoms with van der Waals surface area (Å²) in [7, 11) is 0. The van der Waals surface area contributed by atoms with Gasteiger partial charge < -0.3 is 9.84 Å². The van der Waals surface area contributed by atoms with Crippen molar-refractivity contribution >= 4 is 0 Å². The first-order valence-corrected chi connectivity index (χ1v) is 7.65.